The van der Waals surface area contributed by atoms with Crippen molar-refractivity contribution in [2.24, 2.45) is 0 Å². The number of nitrogens with zero attached hydrogens (tertiary/aromatic N) is 2. The van der Waals surface area contributed by atoms with Crippen molar-refractivity contribution >= 4 is 11.8 Å². The molecule has 0 unspecified atom stereocenters. The second-order valence-corrected chi connectivity index (χ2v) is 15.6. The SMILES string of the molecule is c1ccc(-c2ccc(-c3cc(-c4ccccc4)nc(-c4ccc(-c5ccc6c(c5)Sc5ccccc5C65c6ccccc6-c6ccccc65)cc4)n3)cc2)cc1. The molecule has 0 saturated carbocycles. The molecule has 1 aliphatic heterocycles. The van der Waals surface area contributed by atoms with Gasteiger partial charge in [0.1, 0.15) is 0 Å². The molecule has 1 spiro atoms. The van der Waals surface area contributed by atoms with Crippen molar-refractivity contribution in [2.75, 3.05) is 0 Å². The van der Waals surface area contributed by atoms with Gasteiger partial charge in [-0.25, -0.2) is 9.97 Å². The molecule has 2 heterocycles. The number of hydrogen-bond donors (Lipinski definition) is 0. The van der Waals surface area contributed by atoms with Crippen LogP contribution in [0.15, 0.2) is 216 Å². The van der Waals surface area contributed by atoms with E-state index in [2.05, 4.69) is 194 Å². The highest BCUT2D eigenvalue weighted by atomic mass is 32.2. The van der Waals surface area contributed by atoms with Gasteiger partial charge < -0.3 is 0 Å². The molecule has 1 aliphatic carbocycles. The molecule has 9 aromatic rings. The lowest BCUT2D eigenvalue weighted by Gasteiger charge is -2.39. The van der Waals surface area contributed by atoms with E-state index in [0.717, 1.165) is 33.6 Å². The van der Waals surface area contributed by atoms with Crippen molar-refractivity contribution < 1.29 is 0 Å². The number of fused-ring (bicyclic) bond motifs is 9. The second kappa shape index (κ2) is 13.2. The lowest BCUT2D eigenvalue weighted by atomic mass is 9.67. The molecule has 262 valence electrons. The van der Waals surface area contributed by atoms with Crippen LogP contribution < -0.4 is 0 Å². The summed E-state index contributed by atoms with van der Waals surface area (Å²) in [5.41, 5.74) is 17.3. The zero-order valence-electron chi connectivity index (χ0n) is 30.4. The van der Waals surface area contributed by atoms with Crippen LogP contribution in [-0.2, 0) is 5.41 Å². The van der Waals surface area contributed by atoms with Gasteiger partial charge in [-0.3, -0.25) is 0 Å². The van der Waals surface area contributed by atoms with E-state index in [9.17, 15) is 0 Å². The summed E-state index contributed by atoms with van der Waals surface area (Å²) in [5, 5.41) is 0. The van der Waals surface area contributed by atoms with Gasteiger partial charge in [-0.1, -0.05) is 200 Å². The van der Waals surface area contributed by atoms with E-state index in [1.807, 2.05) is 23.9 Å². The van der Waals surface area contributed by atoms with E-state index in [4.69, 9.17) is 9.97 Å². The Kier molecular flexibility index (Phi) is 7.68. The van der Waals surface area contributed by atoms with Crippen LogP contribution in [0.25, 0.3) is 67.3 Å². The van der Waals surface area contributed by atoms with Crippen molar-refractivity contribution in [1.82, 2.24) is 9.97 Å². The summed E-state index contributed by atoms with van der Waals surface area (Å²) < 4.78 is 0. The van der Waals surface area contributed by atoms with Gasteiger partial charge in [0.05, 0.1) is 16.8 Å². The molecule has 11 rings (SSSR count). The molecule has 0 saturated heterocycles. The highest BCUT2D eigenvalue weighted by molar-refractivity contribution is 7.99. The van der Waals surface area contributed by atoms with Gasteiger partial charge in [-0.15, -0.1) is 0 Å². The Hall–Kier alpha value is -6.81. The molecule has 0 atom stereocenters. The van der Waals surface area contributed by atoms with Crippen LogP contribution in [0.4, 0.5) is 0 Å². The largest absolute Gasteiger partial charge is 0.228 e. The quantitative estimate of drug-likeness (QED) is 0.176. The highest BCUT2D eigenvalue weighted by Crippen LogP contribution is 2.62. The Labute approximate surface area is 331 Å². The zero-order valence-corrected chi connectivity index (χ0v) is 31.2. The van der Waals surface area contributed by atoms with Crippen LogP contribution in [0.3, 0.4) is 0 Å². The third kappa shape index (κ3) is 5.20. The highest BCUT2D eigenvalue weighted by Gasteiger charge is 2.50. The topological polar surface area (TPSA) is 25.8 Å². The molecule has 2 aliphatic rings. The smallest absolute Gasteiger partial charge is 0.160 e. The first kappa shape index (κ1) is 32.6. The fourth-order valence-corrected chi connectivity index (χ4v) is 10.0. The van der Waals surface area contributed by atoms with Gasteiger partial charge >= 0.3 is 0 Å². The second-order valence-electron chi connectivity index (χ2n) is 14.5. The predicted octanol–water partition coefficient (Wildman–Crippen LogP) is 13.6. The van der Waals surface area contributed by atoms with Gasteiger partial charge in [0.25, 0.3) is 0 Å². The van der Waals surface area contributed by atoms with Gasteiger partial charge in [0.15, 0.2) is 5.82 Å². The molecule has 56 heavy (non-hydrogen) atoms. The lowest BCUT2D eigenvalue weighted by molar-refractivity contribution is 0.722. The fourth-order valence-electron chi connectivity index (χ4n) is 8.80. The van der Waals surface area contributed by atoms with Gasteiger partial charge in [-0.05, 0) is 73.8 Å². The monoisotopic (exact) mass is 730 g/mol. The normalized spacial score (nSPS) is 13.1. The Balaban J connectivity index is 0.983. The Bertz CT molecular complexity index is 2870. The van der Waals surface area contributed by atoms with Crippen molar-refractivity contribution in [3.8, 4) is 67.3 Å². The first-order valence-electron chi connectivity index (χ1n) is 19.1. The van der Waals surface area contributed by atoms with Crippen molar-refractivity contribution in [2.45, 2.75) is 15.2 Å². The third-order valence-electron chi connectivity index (χ3n) is 11.4. The van der Waals surface area contributed by atoms with Crippen molar-refractivity contribution in [3.05, 3.63) is 229 Å². The van der Waals surface area contributed by atoms with Crippen molar-refractivity contribution in [1.29, 1.82) is 0 Å². The maximum atomic E-state index is 5.15. The molecular weight excluding hydrogens is 697 g/mol. The molecule has 0 radical (unpaired) electrons. The summed E-state index contributed by atoms with van der Waals surface area (Å²) in [6.07, 6.45) is 0. The minimum Gasteiger partial charge on any atom is -0.228 e. The maximum absolute atomic E-state index is 5.15. The molecule has 3 heteroatoms. The zero-order chi connectivity index (χ0) is 37.1. The van der Waals surface area contributed by atoms with E-state index < -0.39 is 0 Å². The first-order chi connectivity index (χ1) is 27.7. The third-order valence-corrected chi connectivity index (χ3v) is 12.5. The lowest BCUT2D eigenvalue weighted by Crippen LogP contribution is -2.31. The predicted molar refractivity (Wildman–Crippen MR) is 231 cm³/mol. The average molecular weight is 731 g/mol. The standard InChI is InChI=1S/C53H34N2S/c1-3-13-35(14-4-1)36-23-27-39(28-24-36)49-34-48(38-15-5-2-6-16-38)54-52(55-49)40-29-25-37(26-30-40)41-31-32-47-51(33-41)56-50-22-12-11-21-46(50)53(47)44-19-9-7-17-42(44)43-18-8-10-20-45(43)53/h1-34H. The van der Waals surface area contributed by atoms with Crippen LogP contribution in [0.1, 0.15) is 22.3 Å². The summed E-state index contributed by atoms with van der Waals surface area (Å²) in [4.78, 5) is 12.9. The average Bonchev–Trinajstić information content (AvgIpc) is 3.57. The van der Waals surface area contributed by atoms with E-state index in [-0.39, 0.29) is 5.41 Å². The van der Waals surface area contributed by atoms with E-state index >= 15 is 0 Å². The maximum Gasteiger partial charge on any atom is 0.160 e. The van der Waals surface area contributed by atoms with Gasteiger partial charge in [-0.2, -0.15) is 0 Å². The summed E-state index contributed by atoms with van der Waals surface area (Å²) in [5.74, 6) is 0.707. The van der Waals surface area contributed by atoms with E-state index in [1.165, 1.54) is 59.9 Å². The Morgan fingerprint density at radius 3 is 1.38 bits per heavy atom. The number of benzene rings is 8. The number of hydrogen-bond acceptors (Lipinski definition) is 3. The Morgan fingerprint density at radius 2 is 0.732 bits per heavy atom. The summed E-state index contributed by atoms with van der Waals surface area (Å²) in [6.45, 7) is 0. The van der Waals surface area contributed by atoms with Crippen LogP contribution in [-0.4, -0.2) is 9.97 Å². The molecule has 0 N–H and O–H groups in total. The van der Waals surface area contributed by atoms with E-state index in [1.54, 1.807) is 0 Å². The summed E-state index contributed by atoms with van der Waals surface area (Å²) >= 11 is 1.88. The molecule has 2 nitrogen and oxygen atoms in total. The minimum atomic E-state index is -0.368. The van der Waals surface area contributed by atoms with E-state index in [0.29, 0.717) is 5.82 Å². The Morgan fingerprint density at radius 1 is 0.304 bits per heavy atom. The molecule has 0 amide bonds. The van der Waals surface area contributed by atoms with Crippen molar-refractivity contribution in [3.63, 3.8) is 0 Å². The first-order valence-corrected chi connectivity index (χ1v) is 19.9. The molecule has 0 fully saturated rings. The van der Waals surface area contributed by atoms with Crippen LogP contribution >= 0.6 is 11.8 Å². The molecule has 8 aromatic carbocycles. The summed E-state index contributed by atoms with van der Waals surface area (Å²) in [7, 11) is 0. The van der Waals surface area contributed by atoms with Gasteiger partial charge in [0, 0.05) is 26.5 Å². The minimum absolute atomic E-state index is 0.368. The van der Waals surface area contributed by atoms with Crippen LogP contribution in [0.2, 0.25) is 0 Å². The number of aromatic nitrogens is 2. The molecular formula is C53H34N2S. The molecule has 0 bridgehead atoms. The van der Waals surface area contributed by atoms with Crippen LogP contribution in [0.5, 0.6) is 0 Å². The molecule has 1 aromatic heterocycles. The fraction of sp³-hybridized carbons (Fsp3) is 0.0189. The number of rotatable bonds is 5. The van der Waals surface area contributed by atoms with Gasteiger partial charge in [0.2, 0.25) is 0 Å². The summed E-state index contributed by atoms with van der Waals surface area (Å²) in [6, 6.07) is 74.3. The van der Waals surface area contributed by atoms with Crippen LogP contribution in [0, 0.1) is 0 Å².